The molecule has 0 atom stereocenters. The fraction of sp³-hybridized carbons (Fsp3) is 0.312. The van der Waals surface area contributed by atoms with Gasteiger partial charge in [-0.25, -0.2) is 4.79 Å². The van der Waals surface area contributed by atoms with E-state index in [9.17, 15) is 9.59 Å². The Bertz CT molecular complexity index is 556. The van der Waals surface area contributed by atoms with Crippen molar-refractivity contribution in [3.63, 3.8) is 0 Å². The van der Waals surface area contributed by atoms with Crippen LogP contribution in [-0.2, 0) is 4.74 Å². The number of anilines is 1. The Morgan fingerprint density at radius 3 is 2.70 bits per heavy atom. The van der Waals surface area contributed by atoms with Gasteiger partial charge in [-0.05, 0) is 19.1 Å². The van der Waals surface area contributed by atoms with Crippen LogP contribution >= 0.6 is 0 Å². The summed E-state index contributed by atoms with van der Waals surface area (Å²) in [5.41, 5.74) is 5.73. The molecule has 4 N–H and O–H groups in total. The van der Waals surface area contributed by atoms with Crippen LogP contribution in [-0.4, -0.2) is 30.1 Å². The van der Waals surface area contributed by atoms with Gasteiger partial charge in [-0.2, -0.15) is 0 Å². The minimum absolute atomic E-state index is 0.221. The highest BCUT2D eigenvalue weighted by atomic mass is 16.5. The van der Waals surface area contributed by atoms with Crippen molar-refractivity contribution in [3.8, 4) is 0 Å². The van der Waals surface area contributed by atoms with Gasteiger partial charge < -0.3 is 21.1 Å². The fourth-order valence-corrected chi connectivity index (χ4v) is 1.40. The van der Waals surface area contributed by atoms with Crippen LogP contribution < -0.4 is 16.4 Å². The van der Waals surface area contributed by atoms with Gasteiger partial charge in [-0.1, -0.05) is 26.5 Å². The number of aromatic nitrogens is 1. The molecule has 0 unspecified atom stereocenters. The zero-order valence-corrected chi connectivity index (χ0v) is 13.8. The Hall–Kier alpha value is -2.83. The number of hydrogen-bond donors (Lipinski definition) is 3. The average molecular weight is 320 g/mol. The molecule has 0 fully saturated rings. The molecule has 0 saturated heterocycles. The molecule has 0 bridgehead atoms. The van der Waals surface area contributed by atoms with E-state index in [1.165, 1.54) is 18.5 Å². The first-order valence-corrected chi connectivity index (χ1v) is 7.27. The number of nitrogens with one attached hydrogen (secondary N) is 2. The maximum absolute atomic E-state index is 11.6. The Morgan fingerprint density at radius 2 is 2.09 bits per heavy atom. The molecule has 7 heteroatoms. The molecule has 0 spiro atoms. The number of hydrogen-bond acceptors (Lipinski definition) is 4. The summed E-state index contributed by atoms with van der Waals surface area (Å²) >= 11 is 0. The molecule has 3 amide bonds. The molecule has 1 heterocycles. The molecule has 0 saturated carbocycles. The van der Waals surface area contributed by atoms with Crippen LogP contribution in [0, 0.1) is 0 Å². The molecule has 7 nitrogen and oxygen atoms in total. The average Bonchev–Trinajstić information content (AvgIpc) is 2.54. The number of nitrogens with zero attached hydrogens (tertiary/aromatic N) is 1. The number of amides is 3. The molecular weight excluding hydrogens is 296 g/mol. The number of primary amides is 1. The summed E-state index contributed by atoms with van der Waals surface area (Å²) in [6.45, 7) is 10.1. The third-order valence-electron chi connectivity index (χ3n) is 2.31. The van der Waals surface area contributed by atoms with Crippen LogP contribution in [0.15, 0.2) is 43.0 Å². The molecule has 23 heavy (non-hydrogen) atoms. The highest BCUT2D eigenvalue weighted by Crippen LogP contribution is 2.07. The second kappa shape index (κ2) is 11.8. The van der Waals surface area contributed by atoms with Crippen molar-refractivity contribution < 1.29 is 14.3 Å². The predicted molar refractivity (Wildman–Crippen MR) is 91.0 cm³/mol. The van der Waals surface area contributed by atoms with E-state index >= 15 is 0 Å². The summed E-state index contributed by atoms with van der Waals surface area (Å²) in [6.07, 6.45) is 6.27. The normalized spacial score (nSPS) is 9.52. The van der Waals surface area contributed by atoms with Gasteiger partial charge >= 0.3 is 6.03 Å². The van der Waals surface area contributed by atoms with Crippen LogP contribution in [0.3, 0.4) is 0 Å². The molecule has 0 radical (unpaired) electrons. The van der Waals surface area contributed by atoms with Crippen LogP contribution in [0.1, 0.15) is 31.1 Å². The van der Waals surface area contributed by atoms with Crippen molar-refractivity contribution >= 4 is 17.6 Å². The molecule has 126 valence electrons. The minimum atomic E-state index is -0.609. The van der Waals surface area contributed by atoms with Gasteiger partial charge in [0, 0.05) is 6.20 Å². The van der Waals surface area contributed by atoms with Crippen molar-refractivity contribution in [2.24, 2.45) is 5.73 Å². The van der Waals surface area contributed by atoms with Crippen molar-refractivity contribution in [3.05, 3.63) is 48.5 Å². The molecule has 1 rings (SSSR count). The van der Waals surface area contributed by atoms with Gasteiger partial charge in [-0.3, -0.25) is 9.78 Å². The lowest BCUT2D eigenvalue weighted by atomic mass is 10.2. The molecule has 0 aromatic carbocycles. The lowest BCUT2D eigenvalue weighted by molar-refractivity contribution is 0.1000. The maximum atomic E-state index is 11.6. The Balaban J connectivity index is 0.00000232. The number of rotatable bonds is 7. The van der Waals surface area contributed by atoms with Gasteiger partial charge in [0.05, 0.1) is 24.0 Å². The van der Waals surface area contributed by atoms with Gasteiger partial charge in [0.2, 0.25) is 5.91 Å². The van der Waals surface area contributed by atoms with Crippen LogP contribution in [0.2, 0.25) is 0 Å². The molecule has 1 aromatic rings. The van der Waals surface area contributed by atoms with Crippen molar-refractivity contribution in [1.29, 1.82) is 0 Å². The molecule has 0 aliphatic heterocycles. The standard InChI is InChI=1S/C14H18N4O3.C2H6/c1-3-4-10(2)21-6-5-17-14(20)18-12-7-11(13(15)19)8-16-9-12;1-2/h3-4,7-9H,2,5-6H2,1H3,(H2,15,19)(H2,17,18,20);1-2H3/b4-3-;. The first-order valence-electron chi connectivity index (χ1n) is 7.27. The number of pyridine rings is 1. The van der Waals surface area contributed by atoms with E-state index in [0.29, 0.717) is 24.6 Å². The van der Waals surface area contributed by atoms with E-state index in [1.54, 1.807) is 12.2 Å². The Morgan fingerprint density at radius 1 is 1.39 bits per heavy atom. The summed E-state index contributed by atoms with van der Waals surface area (Å²) in [5, 5.41) is 5.13. The summed E-state index contributed by atoms with van der Waals surface area (Å²) in [7, 11) is 0. The second-order valence-corrected chi connectivity index (χ2v) is 4.02. The van der Waals surface area contributed by atoms with Crippen molar-refractivity contribution in [1.82, 2.24) is 10.3 Å². The van der Waals surface area contributed by atoms with Gasteiger partial charge in [0.15, 0.2) is 0 Å². The molecular formula is C16H24N4O3. The van der Waals surface area contributed by atoms with Crippen LogP contribution in [0.4, 0.5) is 10.5 Å². The number of nitrogens with two attached hydrogens (primary N) is 1. The third-order valence-corrected chi connectivity index (χ3v) is 2.31. The maximum Gasteiger partial charge on any atom is 0.319 e. The number of carbonyl (C=O) groups excluding carboxylic acids is 2. The largest absolute Gasteiger partial charge is 0.492 e. The lowest BCUT2D eigenvalue weighted by Crippen LogP contribution is -2.31. The van der Waals surface area contributed by atoms with Gasteiger partial charge in [0.1, 0.15) is 12.4 Å². The third kappa shape index (κ3) is 8.92. The quantitative estimate of drug-likeness (QED) is 0.407. The SMILES string of the molecule is C=C(/C=C\C)OCCNC(=O)Nc1cncc(C(N)=O)c1.CC. The molecule has 0 aliphatic rings. The topological polar surface area (TPSA) is 106 Å². The van der Waals surface area contributed by atoms with E-state index in [-0.39, 0.29) is 5.56 Å². The zero-order valence-electron chi connectivity index (χ0n) is 13.8. The monoisotopic (exact) mass is 320 g/mol. The van der Waals surface area contributed by atoms with Crippen molar-refractivity contribution in [2.75, 3.05) is 18.5 Å². The summed E-state index contributed by atoms with van der Waals surface area (Å²) < 4.78 is 5.24. The van der Waals surface area contributed by atoms with E-state index in [1.807, 2.05) is 20.8 Å². The fourth-order valence-electron chi connectivity index (χ4n) is 1.40. The summed E-state index contributed by atoms with van der Waals surface area (Å²) in [4.78, 5) is 26.4. The first-order chi connectivity index (χ1) is 11.0. The minimum Gasteiger partial charge on any atom is -0.492 e. The Kier molecular flexibility index (Phi) is 10.3. The van der Waals surface area contributed by atoms with E-state index in [4.69, 9.17) is 10.5 Å². The van der Waals surface area contributed by atoms with Crippen molar-refractivity contribution in [2.45, 2.75) is 20.8 Å². The number of carbonyl (C=O) groups is 2. The number of urea groups is 1. The highest BCUT2D eigenvalue weighted by molar-refractivity contribution is 5.95. The van der Waals surface area contributed by atoms with Crippen LogP contribution in [0.5, 0.6) is 0 Å². The zero-order chi connectivity index (χ0) is 17.7. The Labute approximate surface area is 136 Å². The highest BCUT2D eigenvalue weighted by Gasteiger charge is 2.05. The molecule has 1 aromatic heterocycles. The van der Waals surface area contributed by atoms with E-state index in [0.717, 1.165) is 0 Å². The van der Waals surface area contributed by atoms with Gasteiger partial charge in [-0.15, -0.1) is 0 Å². The predicted octanol–water partition coefficient (Wildman–Crippen LogP) is 2.43. The van der Waals surface area contributed by atoms with E-state index < -0.39 is 11.9 Å². The van der Waals surface area contributed by atoms with Crippen LogP contribution in [0.25, 0.3) is 0 Å². The number of allylic oxidation sites excluding steroid dienone is 2. The smallest absolute Gasteiger partial charge is 0.319 e. The summed E-state index contributed by atoms with van der Waals surface area (Å²) in [6, 6.07) is 1.01. The molecule has 0 aliphatic carbocycles. The van der Waals surface area contributed by atoms with Gasteiger partial charge in [0.25, 0.3) is 0 Å². The summed E-state index contributed by atoms with van der Waals surface area (Å²) in [5.74, 6) is -0.0829. The number of ether oxygens (including phenoxy) is 1. The van der Waals surface area contributed by atoms with E-state index in [2.05, 4.69) is 22.2 Å². The lowest BCUT2D eigenvalue weighted by Gasteiger charge is -2.09. The first kappa shape index (κ1) is 20.2. The second-order valence-electron chi connectivity index (χ2n) is 4.02.